The Kier molecular flexibility index (Phi) is 56.9. The summed E-state index contributed by atoms with van der Waals surface area (Å²) in [6, 6.07) is -0.741. The van der Waals surface area contributed by atoms with Crippen molar-refractivity contribution in [2.24, 2.45) is 0 Å². The maximum Gasteiger partial charge on any atom is 0.222 e. The number of aliphatic hydroxyl groups excluding tert-OH is 3. The molecule has 0 saturated heterocycles. The molecule has 0 bridgehead atoms. The van der Waals surface area contributed by atoms with Gasteiger partial charge in [-0.1, -0.05) is 341 Å². The summed E-state index contributed by atoms with van der Waals surface area (Å²) in [5.41, 5.74) is 0. The molecule has 0 radical (unpaired) electrons. The second-order valence-electron chi connectivity index (χ2n) is 21.7. The molecule has 4 N–H and O–H groups in total. The Bertz CT molecular complexity index is 956. The molecule has 0 spiro atoms. The maximum absolute atomic E-state index is 12.5. The summed E-state index contributed by atoms with van der Waals surface area (Å²) >= 11 is 0. The number of rotatable bonds is 58. The van der Waals surface area contributed by atoms with Crippen molar-refractivity contribution in [1.29, 1.82) is 0 Å². The van der Waals surface area contributed by atoms with Crippen molar-refractivity contribution in [3.63, 3.8) is 0 Å². The van der Waals surface area contributed by atoms with Gasteiger partial charge < -0.3 is 20.6 Å². The molecular weight excluding hydrogens is 823 g/mol. The van der Waals surface area contributed by atoms with Crippen molar-refractivity contribution in [2.75, 3.05) is 6.61 Å². The van der Waals surface area contributed by atoms with Crippen LogP contribution < -0.4 is 5.32 Å². The monoisotopic (exact) mass is 946 g/mol. The molecule has 0 rings (SSSR count). The zero-order valence-electron chi connectivity index (χ0n) is 45.8. The first kappa shape index (κ1) is 66.1. The summed E-state index contributed by atoms with van der Waals surface area (Å²) < 4.78 is 0. The van der Waals surface area contributed by atoms with Crippen LogP contribution in [-0.2, 0) is 4.79 Å². The highest BCUT2D eigenvalue weighted by Crippen LogP contribution is 2.19. The van der Waals surface area contributed by atoms with E-state index < -0.39 is 18.2 Å². The molecular formula is C62H123NO4. The molecule has 1 amide bonds. The van der Waals surface area contributed by atoms with Crippen LogP contribution in [0.4, 0.5) is 0 Å². The van der Waals surface area contributed by atoms with Crippen LogP contribution in [0.3, 0.4) is 0 Å². The molecule has 0 aromatic carbocycles. The average molecular weight is 947 g/mol. The van der Waals surface area contributed by atoms with E-state index in [1.807, 2.05) is 6.08 Å². The lowest BCUT2D eigenvalue weighted by Gasteiger charge is -2.21. The van der Waals surface area contributed by atoms with Crippen LogP contribution in [0.15, 0.2) is 12.2 Å². The number of amides is 1. The summed E-state index contributed by atoms with van der Waals surface area (Å²) in [4.78, 5) is 12.5. The number of aliphatic hydroxyl groups is 3. The van der Waals surface area contributed by atoms with E-state index in [2.05, 4.69) is 19.2 Å². The summed E-state index contributed by atoms with van der Waals surface area (Å²) in [5.74, 6) is -0.307. The van der Waals surface area contributed by atoms with Crippen LogP contribution in [-0.4, -0.2) is 46.1 Å². The second-order valence-corrected chi connectivity index (χ2v) is 21.7. The van der Waals surface area contributed by atoms with E-state index in [0.29, 0.717) is 6.42 Å². The quantitative estimate of drug-likeness (QED) is 0.0361. The minimum absolute atomic E-state index is 0.0197. The third-order valence-corrected chi connectivity index (χ3v) is 14.8. The Hall–Kier alpha value is -0.910. The lowest BCUT2D eigenvalue weighted by atomic mass is 10.0. The van der Waals surface area contributed by atoms with E-state index >= 15 is 0 Å². The predicted molar refractivity (Wildman–Crippen MR) is 296 cm³/mol. The van der Waals surface area contributed by atoms with Crippen LogP contribution in [0.5, 0.6) is 0 Å². The lowest BCUT2D eigenvalue weighted by Crippen LogP contribution is -2.45. The van der Waals surface area contributed by atoms with Gasteiger partial charge in [-0.3, -0.25) is 4.79 Å². The Morgan fingerprint density at radius 1 is 0.373 bits per heavy atom. The fourth-order valence-corrected chi connectivity index (χ4v) is 10.1. The van der Waals surface area contributed by atoms with Gasteiger partial charge in [0.25, 0.3) is 0 Å². The van der Waals surface area contributed by atoms with Gasteiger partial charge in [0.2, 0.25) is 5.91 Å². The maximum atomic E-state index is 12.5. The summed E-state index contributed by atoms with van der Waals surface area (Å²) in [6.07, 6.45) is 72.9. The van der Waals surface area contributed by atoms with Gasteiger partial charge in [0, 0.05) is 0 Å². The molecule has 67 heavy (non-hydrogen) atoms. The first-order chi connectivity index (χ1) is 33.0. The fraction of sp³-hybridized carbons (Fsp3) is 0.952. The van der Waals surface area contributed by atoms with Crippen LogP contribution in [0.25, 0.3) is 0 Å². The summed E-state index contributed by atoms with van der Waals surface area (Å²) in [7, 11) is 0. The lowest BCUT2D eigenvalue weighted by molar-refractivity contribution is -0.124. The molecule has 3 atom stereocenters. The van der Waals surface area contributed by atoms with E-state index in [9.17, 15) is 20.1 Å². The minimum atomic E-state index is -0.926. The zero-order chi connectivity index (χ0) is 48.6. The topological polar surface area (TPSA) is 89.8 Å². The SMILES string of the molecule is CCCCCCCCCCCCCCCCCCCCC/C=C/C(O)C(CO)NC(=O)CC(O)CCCCCCCCCCCCCCCCCCCCCCCCCCCCCCCCC. The van der Waals surface area contributed by atoms with Gasteiger partial charge in [0.15, 0.2) is 0 Å². The van der Waals surface area contributed by atoms with E-state index in [4.69, 9.17) is 0 Å². The Labute approximate surface area is 420 Å². The Morgan fingerprint density at radius 2 is 0.612 bits per heavy atom. The van der Waals surface area contributed by atoms with E-state index in [1.54, 1.807) is 6.08 Å². The highest BCUT2D eigenvalue weighted by Gasteiger charge is 2.20. The Morgan fingerprint density at radius 3 is 0.866 bits per heavy atom. The number of hydrogen-bond acceptors (Lipinski definition) is 4. The van der Waals surface area contributed by atoms with Gasteiger partial charge >= 0.3 is 0 Å². The van der Waals surface area contributed by atoms with Crippen molar-refractivity contribution in [2.45, 2.75) is 372 Å². The third kappa shape index (κ3) is 54.3. The van der Waals surface area contributed by atoms with Crippen molar-refractivity contribution >= 4 is 5.91 Å². The van der Waals surface area contributed by atoms with Crippen LogP contribution in [0, 0.1) is 0 Å². The van der Waals surface area contributed by atoms with Crippen LogP contribution >= 0.6 is 0 Å². The third-order valence-electron chi connectivity index (χ3n) is 14.8. The fourth-order valence-electron chi connectivity index (χ4n) is 10.1. The van der Waals surface area contributed by atoms with Gasteiger partial charge in [-0.05, 0) is 19.3 Å². The molecule has 3 unspecified atom stereocenters. The van der Waals surface area contributed by atoms with Crippen molar-refractivity contribution in [3.8, 4) is 0 Å². The van der Waals surface area contributed by atoms with Crippen molar-refractivity contribution in [3.05, 3.63) is 12.2 Å². The van der Waals surface area contributed by atoms with Crippen LogP contribution in [0.1, 0.15) is 354 Å². The van der Waals surface area contributed by atoms with Crippen LogP contribution in [0.2, 0.25) is 0 Å². The molecule has 0 fully saturated rings. The molecule has 0 aliphatic carbocycles. The van der Waals surface area contributed by atoms with Gasteiger partial charge in [-0.15, -0.1) is 0 Å². The minimum Gasteiger partial charge on any atom is -0.394 e. The standard InChI is InChI=1S/C62H123NO4/c1-3-5-7-9-11-13-15-17-19-21-23-25-26-27-28-29-30-31-32-33-34-36-37-39-41-43-45-47-49-51-53-55-59(65)57-62(67)63-60(58-64)61(66)56-54-52-50-48-46-44-42-40-38-35-24-22-20-18-16-14-12-10-8-6-4-2/h54,56,59-61,64-66H,3-53,55,57-58H2,1-2H3,(H,63,67)/b56-54+. The van der Waals surface area contributed by atoms with E-state index in [-0.39, 0.29) is 18.9 Å². The molecule has 0 aromatic heterocycles. The number of carbonyl (C=O) groups excluding carboxylic acids is 1. The molecule has 0 aliphatic rings. The molecule has 0 aliphatic heterocycles. The first-order valence-electron chi connectivity index (χ1n) is 31.0. The first-order valence-corrected chi connectivity index (χ1v) is 31.0. The van der Waals surface area contributed by atoms with E-state index in [0.717, 1.165) is 25.7 Å². The van der Waals surface area contributed by atoms with Gasteiger partial charge in [0.05, 0.1) is 31.3 Å². The predicted octanol–water partition coefficient (Wildman–Crippen LogP) is 19.5. The molecule has 400 valence electrons. The summed E-state index contributed by atoms with van der Waals surface area (Å²) in [6.45, 7) is 4.26. The number of allylic oxidation sites excluding steroid dienone is 1. The summed E-state index contributed by atoms with van der Waals surface area (Å²) in [5, 5.41) is 33.5. The zero-order valence-corrected chi connectivity index (χ0v) is 45.8. The number of nitrogens with one attached hydrogen (secondary N) is 1. The van der Waals surface area contributed by atoms with Crippen molar-refractivity contribution in [1.82, 2.24) is 5.32 Å². The average Bonchev–Trinajstić information content (AvgIpc) is 3.32. The number of unbranched alkanes of at least 4 members (excludes halogenated alkanes) is 49. The molecule has 0 heterocycles. The second kappa shape index (κ2) is 57.7. The highest BCUT2D eigenvalue weighted by molar-refractivity contribution is 5.76. The highest BCUT2D eigenvalue weighted by atomic mass is 16.3. The molecule has 5 nitrogen and oxygen atoms in total. The number of carbonyl (C=O) groups is 1. The largest absolute Gasteiger partial charge is 0.394 e. The van der Waals surface area contributed by atoms with Gasteiger partial charge in [0.1, 0.15) is 0 Å². The Balaban J connectivity index is 3.48. The van der Waals surface area contributed by atoms with Crippen molar-refractivity contribution < 1.29 is 20.1 Å². The van der Waals surface area contributed by atoms with Gasteiger partial charge in [-0.2, -0.15) is 0 Å². The smallest absolute Gasteiger partial charge is 0.222 e. The molecule has 0 aromatic rings. The van der Waals surface area contributed by atoms with Gasteiger partial charge in [-0.25, -0.2) is 0 Å². The molecule has 5 heteroatoms. The van der Waals surface area contributed by atoms with E-state index in [1.165, 1.54) is 302 Å². The number of hydrogen-bond donors (Lipinski definition) is 4. The normalized spacial score (nSPS) is 13.2. The molecule has 0 saturated carbocycles.